The molecule has 0 amide bonds. The molecule has 130 valence electrons. The molecule has 0 aliphatic heterocycles. The maximum atomic E-state index is 10.7. The minimum Gasteiger partial charge on any atom is -0.507 e. The summed E-state index contributed by atoms with van der Waals surface area (Å²) in [5, 5.41) is 13.8. The van der Waals surface area contributed by atoms with Gasteiger partial charge in [-0.1, -0.05) is 66.7 Å². The van der Waals surface area contributed by atoms with Crippen LogP contribution in [0.4, 0.5) is 0 Å². The molecule has 0 bridgehead atoms. The summed E-state index contributed by atoms with van der Waals surface area (Å²) in [5.41, 5.74) is 3.49. The third-order valence-corrected chi connectivity index (χ3v) is 8.97. The van der Waals surface area contributed by atoms with E-state index in [4.69, 9.17) is 0 Å². The first-order valence-corrected chi connectivity index (χ1v) is 11.9. The van der Waals surface area contributed by atoms with Crippen LogP contribution in [0.2, 0.25) is 0 Å². The van der Waals surface area contributed by atoms with E-state index in [9.17, 15) is 5.11 Å². The van der Waals surface area contributed by atoms with Crippen molar-refractivity contribution < 1.29 is 5.11 Å². The standard InChI is InChI=1S/C21H30OP2/c1-7-21(8-2,17-13-9-11-15(3)19(17)22)23-20-16(4)12-10-14-18(20)24(5)6/h9-14,22-23H,7-8H2,1-6H3. The zero-order chi connectivity index (χ0) is 17.9. The summed E-state index contributed by atoms with van der Waals surface area (Å²) in [5.74, 6) is 0.485. The minimum atomic E-state index is -0.134. The Morgan fingerprint density at radius 3 is 2.12 bits per heavy atom. The highest BCUT2D eigenvalue weighted by Crippen LogP contribution is 2.51. The van der Waals surface area contributed by atoms with E-state index in [1.165, 1.54) is 16.2 Å². The highest BCUT2D eigenvalue weighted by molar-refractivity contribution is 7.66. The predicted molar refractivity (Wildman–Crippen MR) is 113 cm³/mol. The van der Waals surface area contributed by atoms with Crippen LogP contribution in [-0.2, 0) is 5.16 Å². The summed E-state index contributed by atoms with van der Waals surface area (Å²) >= 11 is 0. The first kappa shape index (κ1) is 19.4. The van der Waals surface area contributed by atoms with Crippen LogP contribution in [0.5, 0.6) is 5.75 Å². The van der Waals surface area contributed by atoms with Crippen molar-refractivity contribution in [3.63, 3.8) is 0 Å². The van der Waals surface area contributed by atoms with Crippen LogP contribution in [0.3, 0.4) is 0 Å². The Morgan fingerprint density at radius 1 is 0.958 bits per heavy atom. The number of rotatable bonds is 6. The van der Waals surface area contributed by atoms with Crippen molar-refractivity contribution in [1.82, 2.24) is 0 Å². The number of para-hydroxylation sites is 1. The summed E-state index contributed by atoms with van der Waals surface area (Å²) in [6.07, 6.45) is 2.08. The molecule has 1 unspecified atom stereocenters. The monoisotopic (exact) mass is 360 g/mol. The summed E-state index contributed by atoms with van der Waals surface area (Å²) in [6.45, 7) is 13.4. The van der Waals surface area contributed by atoms with Gasteiger partial charge in [0.25, 0.3) is 0 Å². The molecule has 0 fully saturated rings. The first-order chi connectivity index (χ1) is 11.4. The van der Waals surface area contributed by atoms with Gasteiger partial charge in [-0.15, -0.1) is 0 Å². The number of benzene rings is 2. The number of hydrogen-bond donors (Lipinski definition) is 1. The van der Waals surface area contributed by atoms with Crippen molar-refractivity contribution in [2.75, 3.05) is 13.3 Å². The van der Waals surface area contributed by atoms with Gasteiger partial charge in [0.1, 0.15) is 5.75 Å². The molecule has 1 nitrogen and oxygen atoms in total. The molecule has 3 heteroatoms. The maximum Gasteiger partial charge on any atom is 0.122 e. The van der Waals surface area contributed by atoms with E-state index >= 15 is 0 Å². The Hall–Kier alpha value is -0.900. The second kappa shape index (κ2) is 7.99. The average Bonchev–Trinajstić information content (AvgIpc) is 2.56. The van der Waals surface area contributed by atoms with Gasteiger partial charge in [0.05, 0.1) is 0 Å². The largest absolute Gasteiger partial charge is 0.507 e. The fourth-order valence-electron chi connectivity index (χ4n) is 3.35. The van der Waals surface area contributed by atoms with Gasteiger partial charge in [-0.3, -0.25) is 0 Å². The van der Waals surface area contributed by atoms with Crippen LogP contribution in [0.1, 0.15) is 43.4 Å². The van der Waals surface area contributed by atoms with Gasteiger partial charge in [0.15, 0.2) is 0 Å². The molecular weight excluding hydrogens is 330 g/mol. The van der Waals surface area contributed by atoms with Crippen molar-refractivity contribution in [2.24, 2.45) is 0 Å². The van der Waals surface area contributed by atoms with E-state index in [-0.39, 0.29) is 13.1 Å². The number of hydrogen-bond acceptors (Lipinski definition) is 1. The van der Waals surface area contributed by atoms with E-state index < -0.39 is 0 Å². The number of phenols is 1. The molecule has 0 aliphatic carbocycles. The van der Waals surface area contributed by atoms with Crippen LogP contribution in [0.15, 0.2) is 36.4 Å². The molecule has 0 heterocycles. The van der Waals surface area contributed by atoms with Gasteiger partial charge in [-0.2, -0.15) is 0 Å². The predicted octanol–water partition coefficient (Wildman–Crippen LogP) is 5.40. The number of aryl methyl sites for hydroxylation is 2. The third-order valence-electron chi connectivity index (χ3n) is 5.06. The second-order valence-electron chi connectivity index (χ2n) is 6.75. The Balaban J connectivity index is 2.60. The summed E-state index contributed by atoms with van der Waals surface area (Å²) < 4.78 is 0. The third kappa shape index (κ3) is 3.68. The molecule has 24 heavy (non-hydrogen) atoms. The molecule has 0 radical (unpaired) electrons. The molecule has 0 spiro atoms. The van der Waals surface area contributed by atoms with E-state index in [1.54, 1.807) is 0 Å². The van der Waals surface area contributed by atoms with E-state index in [2.05, 4.69) is 64.4 Å². The zero-order valence-electron chi connectivity index (χ0n) is 15.8. The molecule has 0 aromatic heterocycles. The molecule has 2 aromatic rings. The van der Waals surface area contributed by atoms with Crippen molar-refractivity contribution in [1.29, 1.82) is 0 Å². The van der Waals surface area contributed by atoms with Crippen molar-refractivity contribution >= 4 is 27.1 Å². The summed E-state index contributed by atoms with van der Waals surface area (Å²) in [6, 6.07) is 12.9. The van der Waals surface area contributed by atoms with Crippen LogP contribution in [0.25, 0.3) is 0 Å². The molecular formula is C21H30OP2. The number of phenolic OH excluding ortho intramolecular Hbond substituents is 1. The smallest absolute Gasteiger partial charge is 0.122 e. The maximum absolute atomic E-state index is 10.7. The Labute approximate surface area is 150 Å². The van der Waals surface area contributed by atoms with Crippen LogP contribution >= 0.6 is 16.5 Å². The Morgan fingerprint density at radius 2 is 1.54 bits per heavy atom. The Bertz CT molecular complexity index is 703. The highest BCUT2D eigenvalue weighted by Gasteiger charge is 2.33. The molecule has 0 saturated carbocycles. The molecule has 1 N–H and O–H groups in total. The zero-order valence-corrected chi connectivity index (χ0v) is 17.7. The number of aromatic hydroxyl groups is 1. The van der Waals surface area contributed by atoms with Gasteiger partial charge in [0, 0.05) is 10.7 Å². The first-order valence-electron chi connectivity index (χ1n) is 8.70. The van der Waals surface area contributed by atoms with Crippen molar-refractivity contribution in [3.8, 4) is 5.75 Å². The van der Waals surface area contributed by atoms with Crippen molar-refractivity contribution in [2.45, 2.75) is 45.7 Å². The van der Waals surface area contributed by atoms with Gasteiger partial charge in [-0.25, -0.2) is 0 Å². The van der Waals surface area contributed by atoms with Crippen molar-refractivity contribution in [3.05, 3.63) is 53.1 Å². The van der Waals surface area contributed by atoms with Gasteiger partial charge in [0.2, 0.25) is 0 Å². The lowest BCUT2D eigenvalue weighted by Crippen LogP contribution is -2.29. The average molecular weight is 360 g/mol. The molecule has 2 rings (SSSR count). The SMILES string of the molecule is CCC(CC)(Pc1c(C)cccc1P(C)C)c1cccc(C)c1O. The molecule has 2 aromatic carbocycles. The summed E-state index contributed by atoms with van der Waals surface area (Å²) in [7, 11) is 0.549. The molecule has 1 atom stereocenters. The lowest BCUT2D eigenvalue weighted by molar-refractivity contribution is 0.444. The van der Waals surface area contributed by atoms with E-state index in [1.807, 2.05) is 13.0 Å². The van der Waals surface area contributed by atoms with Gasteiger partial charge < -0.3 is 5.11 Å². The minimum absolute atomic E-state index is 0.0162. The molecule has 0 saturated heterocycles. The van der Waals surface area contributed by atoms with Gasteiger partial charge in [-0.05, 0) is 61.8 Å². The fourth-order valence-corrected chi connectivity index (χ4v) is 6.85. The van der Waals surface area contributed by atoms with Gasteiger partial charge >= 0.3 is 0 Å². The summed E-state index contributed by atoms with van der Waals surface area (Å²) in [4.78, 5) is 0. The normalized spacial score (nSPS) is 12.5. The van der Waals surface area contributed by atoms with Crippen LogP contribution in [-0.4, -0.2) is 18.4 Å². The Kier molecular flexibility index (Phi) is 6.46. The lowest BCUT2D eigenvalue weighted by atomic mass is 9.90. The van der Waals surface area contributed by atoms with Crippen LogP contribution < -0.4 is 10.6 Å². The van der Waals surface area contributed by atoms with Crippen LogP contribution in [0, 0.1) is 13.8 Å². The fraction of sp³-hybridized carbons (Fsp3) is 0.429. The lowest BCUT2D eigenvalue weighted by Gasteiger charge is -2.35. The van der Waals surface area contributed by atoms with E-state index in [0.717, 1.165) is 24.0 Å². The van der Waals surface area contributed by atoms with E-state index in [0.29, 0.717) is 14.3 Å². The topological polar surface area (TPSA) is 20.2 Å². The highest BCUT2D eigenvalue weighted by atomic mass is 31.1. The second-order valence-corrected chi connectivity index (χ2v) is 10.7. The molecule has 0 aliphatic rings. The quantitative estimate of drug-likeness (QED) is 0.684.